The number of carbonyl (C=O) groups excluding carboxylic acids is 1. The third kappa shape index (κ3) is 4.09. The van der Waals surface area contributed by atoms with Crippen LogP contribution in [0, 0.1) is 11.3 Å². The van der Waals surface area contributed by atoms with Crippen molar-refractivity contribution >= 4 is 5.97 Å². The topological polar surface area (TPSA) is 46.5 Å². The summed E-state index contributed by atoms with van der Waals surface area (Å²) in [6.45, 7) is 9.26. The molecule has 3 nitrogen and oxygen atoms in total. The fourth-order valence-electron chi connectivity index (χ4n) is 1.47. The van der Waals surface area contributed by atoms with E-state index in [4.69, 9.17) is 4.74 Å². The Balaban J connectivity index is 4.43. The summed E-state index contributed by atoms with van der Waals surface area (Å²) in [6.07, 6.45) is 0.523. The second-order valence-corrected chi connectivity index (χ2v) is 4.77. The Morgan fingerprint density at radius 1 is 1.36 bits per heavy atom. The molecule has 0 aliphatic heterocycles. The molecule has 0 saturated carbocycles. The first-order valence-corrected chi connectivity index (χ1v) is 5.13. The molecular weight excluding hydrogens is 180 g/mol. The van der Waals surface area contributed by atoms with Crippen LogP contribution < -0.4 is 0 Å². The highest BCUT2D eigenvalue weighted by atomic mass is 16.5. The second kappa shape index (κ2) is 5.35. The lowest BCUT2D eigenvalue weighted by Gasteiger charge is -2.27. The Labute approximate surface area is 86.5 Å². The van der Waals surface area contributed by atoms with Crippen molar-refractivity contribution in [3.8, 4) is 0 Å². The minimum Gasteiger partial charge on any atom is -0.462 e. The molecule has 3 heteroatoms. The molecule has 0 aromatic heterocycles. The average molecular weight is 202 g/mol. The van der Waals surface area contributed by atoms with E-state index in [1.165, 1.54) is 0 Å². The van der Waals surface area contributed by atoms with Crippen LogP contribution in [0.25, 0.3) is 0 Å². The van der Waals surface area contributed by atoms with Gasteiger partial charge in [-0.05, 0) is 33.1 Å². The van der Waals surface area contributed by atoms with E-state index in [1.807, 2.05) is 27.7 Å². The van der Waals surface area contributed by atoms with Crippen molar-refractivity contribution in [2.24, 2.45) is 11.3 Å². The first-order chi connectivity index (χ1) is 6.31. The van der Waals surface area contributed by atoms with Gasteiger partial charge in [0.15, 0.2) is 0 Å². The van der Waals surface area contributed by atoms with E-state index in [0.717, 1.165) is 0 Å². The standard InChI is InChI=1S/C11H22O3/c1-8(2)6-11(5,7-12)10(13)14-9(3)4/h8-9,12H,6-7H2,1-5H3/t11-/m0/s1. The molecule has 0 aromatic carbocycles. The van der Waals surface area contributed by atoms with Crippen LogP contribution in [-0.2, 0) is 9.53 Å². The van der Waals surface area contributed by atoms with Crippen molar-refractivity contribution < 1.29 is 14.6 Å². The molecule has 0 saturated heterocycles. The van der Waals surface area contributed by atoms with Gasteiger partial charge >= 0.3 is 5.97 Å². The van der Waals surface area contributed by atoms with E-state index < -0.39 is 5.41 Å². The molecule has 0 heterocycles. The number of carbonyl (C=O) groups is 1. The zero-order valence-corrected chi connectivity index (χ0v) is 9.83. The second-order valence-electron chi connectivity index (χ2n) is 4.77. The summed E-state index contributed by atoms with van der Waals surface area (Å²) in [5.74, 6) is 0.0653. The van der Waals surface area contributed by atoms with E-state index in [9.17, 15) is 9.90 Å². The Kier molecular flexibility index (Phi) is 5.13. The van der Waals surface area contributed by atoms with Crippen molar-refractivity contribution in [3.05, 3.63) is 0 Å². The fourth-order valence-corrected chi connectivity index (χ4v) is 1.47. The molecular formula is C11H22O3. The van der Waals surface area contributed by atoms with Gasteiger partial charge in [-0.15, -0.1) is 0 Å². The lowest BCUT2D eigenvalue weighted by Crippen LogP contribution is -2.36. The largest absolute Gasteiger partial charge is 0.462 e. The smallest absolute Gasteiger partial charge is 0.314 e. The number of hydrogen-bond donors (Lipinski definition) is 1. The summed E-state index contributed by atoms with van der Waals surface area (Å²) in [5, 5.41) is 9.22. The van der Waals surface area contributed by atoms with Crippen LogP contribution in [0.1, 0.15) is 41.0 Å². The van der Waals surface area contributed by atoms with E-state index in [-0.39, 0.29) is 18.7 Å². The van der Waals surface area contributed by atoms with Crippen LogP contribution in [0.15, 0.2) is 0 Å². The van der Waals surface area contributed by atoms with Crippen molar-refractivity contribution in [2.45, 2.75) is 47.1 Å². The van der Waals surface area contributed by atoms with Gasteiger partial charge in [0, 0.05) is 0 Å². The monoisotopic (exact) mass is 202 g/mol. The molecule has 0 aliphatic carbocycles. The number of aliphatic hydroxyl groups excluding tert-OH is 1. The van der Waals surface area contributed by atoms with Gasteiger partial charge in [-0.3, -0.25) is 4.79 Å². The van der Waals surface area contributed by atoms with Gasteiger partial charge in [-0.25, -0.2) is 0 Å². The Morgan fingerprint density at radius 3 is 2.14 bits per heavy atom. The molecule has 0 aliphatic rings. The van der Waals surface area contributed by atoms with Gasteiger partial charge in [0.1, 0.15) is 0 Å². The van der Waals surface area contributed by atoms with Crippen LogP contribution in [0.3, 0.4) is 0 Å². The molecule has 1 N–H and O–H groups in total. The fraction of sp³-hybridized carbons (Fsp3) is 0.909. The first kappa shape index (κ1) is 13.4. The molecule has 14 heavy (non-hydrogen) atoms. The molecule has 84 valence electrons. The van der Waals surface area contributed by atoms with Crippen molar-refractivity contribution in [3.63, 3.8) is 0 Å². The number of esters is 1. The Bertz CT molecular complexity index is 187. The van der Waals surface area contributed by atoms with Crippen LogP contribution >= 0.6 is 0 Å². The minimum atomic E-state index is -0.752. The summed E-state index contributed by atoms with van der Waals surface area (Å²) in [6, 6.07) is 0. The van der Waals surface area contributed by atoms with Gasteiger partial charge in [0.2, 0.25) is 0 Å². The van der Waals surface area contributed by atoms with Gasteiger partial charge in [-0.1, -0.05) is 13.8 Å². The molecule has 0 bridgehead atoms. The summed E-state index contributed by atoms with van der Waals surface area (Å²) < 4.78 is 5.11. The van der Waals surface area contributed by atoms with Crippen molar-refractivity contribution in [1.82, 2.24) is 0 Å². The Morgan fingerprint density at radius 2 is 1.86 bits per heavy atom. The maximum atomic E-state index is 11.7. The summed E-state index contributed by atoms with van der Waals surface area (Å²) in [5.41, 5.74) is -0.752. The lowest BCUT2D eigenvalue weighted by atomic mass is 9.83. The quantitative estimate of drug-likeness (QED) is 0.693. The van der Waals surface area contributed by atoms with Crippen LogP contribution in [0.4, 0.5) is 0 Å². The Hall–Kier alpha value is -0.570. The third-order valence-corrected chi connectivity index (χ3v) is 2.04. The predicted octanol–water partition coefficient (Wildman–Crippen LogP) is 1.98. The van der Waals surface area contributed by atoms with E-state index in [1.54, 1.807) is 6.92 Å². The van der Waals surface area contributed by atoms with Gasteiger partial charge < -0.3 is 9.84 Å². The number of ether oxygens (including phenoxy) is 1. The molecule has 0 spiro atoms. The molecule has 0 unspecified atom stereocenters. The SMILES string of the molecule is CC(C)C[C@@](C)(CO)C(=O)OC(C)C. The van der Waals surface area contributed by atoms with E-state index >= 15 is 0 Å². The highest BCUT2D eigenvalue weighted by Crippen LogP contribution is 2.27. The first-order valence-electron chi connectivity index (χ1n) is 5.13. The van der Waals surface area contributed by atoms with Gasteiger partial charge in [-0.2, -0.15) is 0 Å². The highest BCUT2D eigenvalue weighted by Gasteiger charge is 2.35. The molecule has 1 atom stereocenters. The number of aliphatic hydroxyl groups is 1. The summed E-state index contributed by atoms with van der Waals surface area (Å²) in [7, 11) is 0. The summed E-state index contributed by atoms with van der Waals surface area (Å²) >= 11 is 0. The van der Waals surface area contributed by atoms with Crippen LogP contribution in [0.2, 0.25) is 0 Å². The van der Waals surface area contributed by atoms with E-state index in [2.05, 4.69) is 0 Å². The minimum absolute atomic E-state index is 0.125. The van der Waals surface area contributed by atoms with E-state index in [0.29, 0.717) is 12.3 Å². The average Bonchev–Trinajstić information content (AvgIpc) is 2.01. The van der Waals surface area contributed by atoms with Crippen molar-refractivity contribution in [2.75, 3.05) is 6.61 Å². The molecule has 0 radical (unpaired) electrons. The zero-order chi connectivity index (χ0) is 11.4. The zero-order valence-electron chi connectivity index (χ0n) is 9.83. The number of hydrogen-bond acceptors (Lipinski definition) is 3. The van der Waals surface area contributed by atoms with Gasteiger partial charge in [0.05, 0.1) is 18.1 Å². The van der Waals surface area contributed by atoms with Crippen molar-refractivity contribution in [1.29, 1.82) is 0 Å². The van der Waals surface area contributed by atoms with Gasteiger partial charge in [0.25, 0.3) is 0 Å². The maximum Gasteiger partial charge on any atom is 0.314 e. The molecule has 0 fully saturated rings. The van der Waals surface area contributed by atoms with Crippen LogP contribution in [-0.4, -0.2) is 23.8 Å². The molecule has 0 aromatic rings. The van der Waals surface area contributed by atoms with Crippen LogP contribution in [0.5, 0.6) is 0 Å². The summed E-state index contributed by atoms with van der Waals surface area (Å²) in [4.78, 5) is 11.7. The predicted molar refractivity (Wildman–Crippen MR) is 55.9 cm³/mol. The number of rotatable bonds is 5. The normalized spacial score (nSPS) is 15.7. The maximum absolute atomic E-state index is 11.7. The molecule has 0 rings (SSSR count). The lowest BCUT2D eigenvalue weighted by molar-refractivity contribution is -0.162. The third-order valence-electron chi connectivity index (χ3n) is 2.04. The highest BCUT2D eigenvalue weighted by molar-refractivity contribution is 5.76. The molecule has 0 amide bonds.